The molecule has 2 aromatic rings. The van der Waals surface area contributed by atoms with Gasteiger partial charge in [0.2, 0.25) is 0 Å². The van der Waals surface area contributed by atoms with E-state index in [1.165, 1.54) is 5.56 Å². The Morgan fingerprint density at radius 2 is 0.956 bits per heavy atom. The molecule has 2 aromatic carbocycles. The van der Waals surface area contributed by atoms with Crippen LogP contribution < -0.4 is 9.47 Å². The molecule has 389 valence electrons. The normalized spacial score (nSPS) is 24.6. The van der Waals surface area contributed by atoms with Gasteiger partial charge in [0.05, 0.1) is 29.7 Å². The second kappa shape index (κ2) is 23.5. The molecular weight excluding hydrogens is 1010 g/mol. The maximum atomic E-state index is 11.6. The standard InChI is InChI=1S/C25H44O4Si2.C25H42O4Si2.CH2Cl2.Mn.2O/c2*1-24(2,3)30(7,8)27-16-19-20(29-31(9,10)25(4,5)6)14-21-22(19)18-13-11-12-17(15-26)23(18)28-21;2-1-3;;;/h11-13,19-22,26H,14-16H2,1-10H3;11-13,15,19-22H,14,16H2,1-10H3;1H2;;;/t2*19-,20+,21-,22+;;;;/m00..../s1. The van der Waals surface area contributed by atoms with Crippen molar-refractivity contribution in [3.05, 3.63) is 58.7 Å². The zero-order chi connectivity index (χ0) is 52.2. The first-order valence-electron chi connectivity index (χ1n) is 24.3. The Kier molecular flexibility index (Phi) is 21.2. The molecule has 0 radical (unpaired) electrons. The molecule has 0 bridgehead atoms. The van der Waals surface area contributed by atoms with Crippen molar-refractivity contribution in [2.24, 2.45) is 11.8 Å². The van der Waals surface area contributed by atoms with Gasteiger partial charge >= 0.3 is 22.5 Å². The van der Waals surface area contributed by atoms with Crippen molar-refractivity contribution >= 4 is 62.8 Å². The third-order valence-corrected chi connectivity index (χ3v) is 34.8. The van der Waals surface area contributed by atoms with Crippen molar-refractivity contribution in [2.75, 3.05) is 18.6 Å². The molecule has 0 spiro atoms. The van der Waals surface area contributed by atoms with Gasteiger partial charge in [0.25, 0.3) is 0 Å². The van der Waals surface area contributed by atoms with E-state index < -0.39 is 48.1 Å². The molecular formula is C51H88Cl2MnO10Si4. The van der Waals surface area contributed by atoms with Gasteiger partial charge in [-0.2, -0.15) is 0 Å². The minimum absolute atomic E-state index is 0.0116. The third-order valence-electron chi connectivity index (χ3n) is 16.8. The molecule has 10 nitrogen and oxygen atoms in total. The van der Waals surface area contributed by atoms with Crippen LogP contribution in [0.4, 0.5) is 0 Å². The van der Waals surface area contributed by atoms with Crippen LogP contribution in [0.5, 0.6) is 11.5 Å². The summed E-state index contributed by atoms with van der Waals surface area (Å²) in [5, 5.41) is 10.7. The Morgan fingerprint density at radius 1 is 0.618 bits per heavy atom. The number of hydrogen-bond acceptors (Lipinski definition) is 10. The first-order chi connectivity index (χ1) is 31.0. The van der Waals surface area contributed by atoms with E-state index in [1.54, 1.807) is 0 Å². The molecule has 2 heterocycles. The molecule has 2 aliphatic heterocycles. The number of hydrogen-bond donors (Lipinski definition) is 1. The Morgan fingerprint density at radius 3 is 1.29 bits per heavy atom. The number of para-hydroxylation sites is 2. The second-order valence-corrected chi connectivity index (χ2v) is 45.3. The molecule has 2 aliphatic carbocycles. The number of aliphatic hydroxyl groups is 1. The molecule has 0 unspecified atom stereocenters. The number of rotatable bonds is 12. The van der Waals surface area contributed by atoms with Crippen molar-refractivity contribution in [2.45, 2.75) is 211 Å². The zero-order valence-electron chi connectivity index (χ0n) is 45.2. The Hall–Kier alpha value is -0.923. The minimum atomic E-state index is -1.94. The first-order valence-corrected chi connectivity index (χ1v) is 38.0. The molecule has 0 saturated heterocycles. The third kappa shape index (κ3) is 14.2. The van der Waals surface area contributed by atoms with E-state index in [4.69, 9.17) is 58.0 Å². The number of aliphatic hydroxyl groups excluding tert-OH is 1. The SMILES string of the molecule is CC(C)(C)[Si](C)(C)OC[C@@H]1[C@H]2c3cccc(C=O)c3O[C@H]2C[C@H]1O[Si](C)(C)C(C)(C)C.CC(C)(C)[Si](C)(C)OC[C@@H]1[C@H]2c3cccc(CO)c3O[C@H]2C[C@H]1O[Si](C)(C)C(C)(C)C.ClCCl.[O]=[Mn]=[O]. The molecule has 0 amide bonds. The van der Waals surface area contributed by atoms with Crippen LogP contribution in [0.15, 0.2) is 36.4 Å². The summed E-state index contributed by atoms with van der Waals surface area (Å²) in [6.07, 6.45) is 3.08. The van der Waals surface area contributed by atoms with E-state index in [-0.39, 0.29) is 80.2 Å². The molecule has 6 rings (SSSR count). The van der Waals surface area contributed by atoms with E-state index in [2.05, 4.69) is 148 Å². The zero-order valence-corrected chi connectivity index (χ0v) is 51.9. The summed E-state index contributed by atoms with van der Waals surface area (Å²) in [6.45, 7) is 47.5. The van der Waals surface area contributed by atoms with Crippen LogP contribution >= 0.6 is 23.2 Å². The molecule has 17 heteroatoms. The number of benzene rings is 2. The van der Waals surface area contributed by atoms with Crippen molar-refractivity contribution in [3.8, 4) is 11.5 Å². The monoisotopic (exact) mass is 1100 g/mol. The number of carbonyl (C=O) groups is 1. The number of carbonyl (C=O) groups excluding carboxylic acids is 1. The van der Waals surface area contributed by atoms with Crippen LogP contribution in [0.1, 0.15) is 135 Å². The van der Waals surface area contributed by atoms with E-state index in [9.17, 15) is 9.90 Å². The van der Waals surface area contributed by atoms with Crippen molar-refractivity contribution in [3.63, 3.8) is 0 Å². The van der Waals surface area contributed by atoms with E-state index >= 15 is 0 Å². The molecule has 1 N–H and O–H groups in total. The fourth-order valence-electron chi connectivity index (χ4n) is 8.57. The summed E-state index contributed by atoms with van der Waals surface area (Å²) in [6, 6.07) is 12.1. The van der Waals surface area contributed by atoms with Crippen molar-refractivity contribution in [1.29, 1.82) is 0 Å². The predicted molar refractivity (Wildman–Crippen MR) is 283 cm³/mol. The van der Waals surface area contributed by atoms with Crippen molar-refractivity contribution in [1.82, 2.24) is 0 Å². The van der Waals surface area contributed by atoms with Gasteiger partial charge in [-0.3, -0.25) is 4.79 Å². The number of alkyl halides is 2. The van der Waals surface area contributed by atoms with Gasteiger partial charge in [-0.1, -0.05) is 113 Å². The Labute approximate surface area is 431 Å². The average Bonchev–Trinajstić information content (AvgIpc) is 3.93. The summed E-state index contributed by atoms with van der Waals surface area (Å²) in [5.74, 6) is 2.65. The topological polar surface area (TPSA) is 127 Å². The number of ether oxygens (including phenoxy) is 2. The van der Waals surface area contributed by atoms with E-state index in [1.807, 2.05) is 24.3 Å². The first kappa shape index (κ1) is 61.4. The van der Waals surface area contributed by atoms with Crippen LogP contribution in [-0.2, 0) is 46.8 Å². The van der Waals surface area contributed by atoms with E-state index in [0.717, 1.165) is 41.8 Å². The molecule has 2 fully saturated rings. The van der Waals surface area contributed by atoms with E-state index in [0.29, 0.717) is 18.8 Å². The van der Waals surface area contributed by atoms with Gasteiger partial charge in [-0.05, 0) is 78.6 Å². The van der Waals surface area contributed by atoms with Crippen LogP contribution in [0.25, 0.3) is 0 Å². The Balaban J connectivity index is 0.000000323. The Bertz CT molecular complexity index is 2020. The number of aldehydes is 1. The average molecular weight is 1100 g/mol. The van der Waals surface area contributed by atoms with Gasteiger partial charge in [-0.25, -0.2) is 0 Å². The second-order valence-electron chi connectivity index (χ2n) is 25.2. The molecule has 68 heavy (non-hydrogen) atoms. The summed E-state index contributed by atoms with van der Waals surface area (Å²) in [5.41, 5.74) is 3.91. The molecule has 0 aromatic heterocycles. The number of fused-ring (bicyclic) bond motifs is 6. The van der Waals surface area contributed by atoms with Gasteiger partial charge < -0.3 is 32.3 Å². The molecule has 2 saturated carbocycles. The summed E-state index contributed by atoms with van der Waals surface area (Å²) in [7, 11) is -7.62. The maximum absolute atomic E-state index is 11.6. The van der Waals surface area contributed by atoms with Gasteiger partial charge in [-0.15, -0.1) is 23.2 Å². The summed E-state index contributed by atoms with van der Waals surface area (Å²) in [4.78, 5) is 11.6. The van der Waals surface area contributed by atoms with Gasteiger partial charge in [0.1, 0.15) is 23.7 Å². The molecule has 4 aliphatic rings. The predicted octanol–water partition coefficient (Wildman–Crippen LogP) is 14.4. The fourth-order valence-corrected chi connectivity index (χ4v) is 13.4. The van der Waals surface area contributed by atoms with Crippen LogP contribution in [0.3, 0.4) is 0 Å². The van der Waals surface area contributed by atoms with Crippen LogP contribution in [0, 0.1) is 11.8 Å². The summed E-state index contributed by atoms with van der Waals surface area (Å²) < 4.78 is 57.1. The fraction of sp³-hybridized carbons (Fsp3) is 0.745. The van der Waals surface area contributed by atoms with Crippen LogP contribution in [-0.4, -0.2) is 87.6 Å². The molecule has 8 atom stereocenters. The van der Waals surface area contributed by atoms with Crippen molar-refractivity contribution < 1.29 is 59.6 Å². The number of halogens is 2. The van der Waals surface area contributed by atoms with Gasteiger partial charge in [0, 0.05) is 66.4 Å². The van der Waals surface area contributed by atoms with Crippen LogP contribution in [0.2, 0.25) is 72.5 Å². The summed E-state index contributed by atoms with van der Waals surface area (Å²) >= 11 is 8.09. The quantitative estimate of drug-likeness (QED) is 0.125. The van der Waals surface area contributed by atoms with Gasteiger partial charge in [0.15, 0.2) is 39.6 Å².